The second-order valence-electron chi connectivity index (χ2n) is 5.10. The standard InChI is InChI=1S/C14H18FN3O3S/c1-4-9(2)18-10(3)14(8-16-18)17-22(20,21)13-6-11(15)5-12(19)7-13/h5-9,17,19H,4H2,1-3H3/t9-/m1/s1. The molecule has 1 atom stereocenters. The number of nitrogens with one attached hydrogen (secondary N) is 1. The monoisotopic (exact) mass is 327 g/mol. The Morgan fingerprint density at radius 1 is 1.41 bits per heavy atom. The molecule has 1 aromatic carbocycles. The number of hydrogen-bond donors (Lipinski definition) is 2. The largest absolute Gasteiger partial charge is 0.508 e. The molecule has 0 fully saturated rings. The van der Waals surface area contributed by atoms with Crippen molar-refractivity contribution in [2.24, 2.45) is 0 Å². The fraction of sp³-hybridized carbons (Fsp3) is 0.357. The topological polar surface area (TPSA) is 84.2 Å². The molecule has 8 heteroatoms. The van der Waals surface area contributed by atoms with E-state index in [1.807, 2.05) is 13.8 Å². The predicted octanol–water partition coefficient (Wildman–Crippen LogP) is 2.81. The highest BCUT2D eigenvalue weighted by atomic mass is 32.2. The van der Waals surface area contributed by atoms with Gasteiger partial charge in [-0.2, -0.15) is 5.10 Å². The molecule has 0 radical (unpaired) electrons. The first-order valence-corrected chi connectivity index (χ1v) is 8.29. The van der Waals surface area contributed by atoms with Crippen LogP contribution in [0.1, 0.15) is 32.0 Å². The molecule has 0 amide bonds. The third-order valence-electron chi connectivity index (χ3n) is 3.46. The third-order valence-corrected chi connectivity index (χ3v) is 4.81. The Morgan fingerprint density at radius 2 is 2.09 bits per heavy atom. The lowest BCUT2D eigenvalue weighted by atomic mass is 10.2. The molecule has 1 aromatic heterocycles. The van der Waals surface area contributed by atoms with Gasteiger partial charge in [-0.3, -0.25) is 9.40 Å². The molecule has 0 aliphatic carbocycles. The van der Waals surface area contributed by atoms with E-state index in [1.165, 1.54) is 6.20 Å². The Kier molecular flexibility index (Phi) is 4.41. The average Bonchev–Trinajstić information content (AvgIpc) is 2.78. The molecule has 6 nitrogen and oxygen atoms in total. The number of nitrogens with zero attached hydrogens (tertiary/aromatic N) is 2. The molecule has 0 aliphatic heterocycles. The molecule has 120 valence electrons. The zero-order valence-corrected chi connectivity index (χ0v) is 13.4. The molecule has 1 heterocycles. The van der Waals surface area contributed by atoms with Crippen molar-refractivity contribution in [2.75, 3.05) is 4.72 Å². The van der Waals surface area contributed by atoms with Crippen LogP contribution in [0.4, 0.5) is 10.1 Å². The van der Waals surface area contributed by atoms with Crippen LogP contribution in [0.3, 0.4) is 0 Å². The molecule has 0 spiro atoms. The lowest BCUT2D eigenvalue weighted by Crippen LogP contribution is -2.14. The van der Waals surface area contributed by atoms with Gasteiger partial charge >= 0.3 is 0 Å². The Labute approximate surface area is 128 Å². The Balaban J connectivity index is 2.35. The molecule has 0 saturated heterocycles. The van der Waals surface area contributed by atoms with Gasteiger partial charge in [-0.1, -0.05) is 6.92 Å². The molecular formula is C14H18FN3O3S. The van der Waals surface area contributed by atoms with Gasteiger partial charge in [0.1, 0.15) is 11.6 Å². The predicted molar refractivity (Wildman–Crippen MR) is 80.8 cm³/mol. The highest BCUT2D eigenvalue weighted by molar-refractivity contribution is 7.92. The van der Waals surface area contributed by atoms with Gasteiger partial charge in [0.25, 0.3) is 10.0 Å². The summed E-state index contributed by atoms with van der Waals surface area (Å²) in [6, 6.07) is 2.80. The number of benzene rings is 1. The number of hydrogen-bond acceptors (Lipinski definition) is 4. The fourth-order valence-corrected chi connectivity index (χ4v) is 3.20. The van der Waals surface area contributed by atoms with Crippen molar-refractivity contribution in [3.05, 3.63) is 35.9 Å². The van der Waals surface area contributed by atoms with E-state index in [9.17, 15) is 17.9 Å². The maximum absolute atomic E-state index is 13.3. The van der Waals surface area contributed by atoms with Crippen LogP contribution in [0, 0.1) is 12.7 Å². The van der Waals surface area contributed by atoms with Gasteiger partial charge in [0, 0.05) is 18.2 Å². The molecule has 0 unspecified atom stereocenters. The van der Waals surface area contributed by atoms with Crippen LogP contribution in [0.2, 0.25) is 0 Å². The summed E-state index contributed by atoms with van der Waals surface area (Å²) in [5.41, 5.74) is 0.989. The number of halogens is 1. The Bertz CT molecular complexity index is 766. The van der Waals surface area contributed by atoms with Crippen molar-refractivity contribution in [1.82, 2.24) is 9.78 Å². The van der Waals surface area contributed by atoms with Crippen molar-refractivity contribution in [2.45, 2.75) is 38.1 Å². The van der Waals surface area contributed by atoms with E-state index in [-0.39, 0.29) is 10.9 Å². The van der Waals surface area contributed by atoms with Crippen molar-refractivity contribution < 1.29 is 17.9 Å². The lowest BCUT2D eigenvalue weighted by Gasteiger charge is -2.13. The summed E-state index contributed by atoms with van der Waals surface area (Å²) >= 11 is 0. The summed E-state index contributed by atoms with van der Waals surface area (Å²) in [5, 5.41) is 13.5. The van der Waals surface area contributed by atoms with E-state index >= 15 is 0 Å². The minimum Gasteiger partial charge on any atom is -0.508 e. The summed E-state index contributed by atoms with van der Waals surface area (Å²) < 4.78 is 41.9. The Morgan fingerprint density at radius 3 is 2.68 bits per heavy atom. The summed E-state index contributed by atoms with van der Waals surface area (Å²) in [6.07, 6.45) is 2.27. The van der Waals surface area contributed by atoms with E-state index in [1.54, 1.807) is 11.6 Å². The number of anilines is 1. The van der Waals surface area contributed by atoms with E-state index < -0.39 is 21.6 Å². The Hall–Kier alpha value is -2.09. The minimum atomic E-state index is -4.00. The molecular weight excluding hydrogens is 309 g/mol. The molecule has 0 aliphatic rings. The summed E-state index contributed by atoms with van der Waals surface area (Å²) in [6.45, 7) is 5.73. The zero-order valence-electron chi connectivity index (χ0n) is 12.5. The first kappa shape index (κ1) is 16.3. The van der Waals surface area contributed by atoms with Crippen LogP contribution in [-0.2, 0) is 10.0 Å². The van der Waals surface area contributed by atoms with Crippen molar-refractivity contribution in [3.8, 4) is 5.75 Å². The highest BCUT2D eigenvalue weighted by Crippen LogP contribution is 2.24. The quantitative estimate of drug-likeness (QED) is 0.884. The summed E-state index contributed by atoms with van der Waals surface area (Å²) in [4.78, 5) is -0.347. The summed E-state index contributed by atoms with van der Waals surface area (Å²) in [7, 11) is -4.00. The molecule has 0 saturated carbocycles. The number of phenolic OH excluding ortho intramolecular Hbond substituents is 1. The van der Waals surface area contributed by atoms with Crippen molar-refractivity contribution >= 4 is 15.7 Å². The lowest BCUT2D eigenvalue weighted by molar-refractivity contribution is 0.466. The van der Waals surface area contributed by atoms with Gasteiger partial charge in [-0.15, -0.1) is 0 Å². The van der Waals surface area contributed by atoms with Gasteiger partial charge in [-0.05, 0) is 26.3 Å². The summed E-state index contributed by atoms with van der Waals surface area (Å²) in [5.74, 6) is -1.28. The number of sulfonamides is 1. The van der Waals surface area contributed by atoms with Crippen LogP contribution in [0.5, 0.6) is 5.75 Å². The van der Waals surface area contributed by atoms with E-state index in [2.05, 4.69) is 9.82 Å². The van der Waals surface area contributed by atoms with Crippen LogP contribution in [0.25, 0.3) is 0 Å². The molecule has 2 N–H and O–H groups in total. The van der Waals surface area contributed by atoms with E-state index in [0.717, 1.165) is 24.6 Å². The number of rotatable bonds is 5. The second-order valence-corrected chi connectivity index (χ2v) is 6.78. The van der Waals surface area contributed by atoms with E-state index in [4.69, 9.17) is 0 Å². The molecule has 2 aromatic rings. The third kappa shape index (κ3) is 3.22. The second kappa shape index (κ2) is 5.96. The number of aromatic nitrogens is 2. The molecule has 22 heavy (non-hydrogen) atoms. The van der Waals surface area contributed by atoms with Gasteiger partial charge < -0.3 is 5.11 Å². The maximum atomic E-state index is 13.3. The smallest absolute Gasteiger partial charge is 0.262 e. The van der Waals surface area contributed by atoms with Gasteiger partial charge in [0.05, 0.1) is 22.5 Å². The molecule has 0 bridgehead atoms. The van der Waals surface area contributed by atoms with Crippen LogP contribution < -0.4 is 4.72 Å². The van der Waals surface area contributed by atoms with Gasteiger partial charge in [0.15, 0.2) is 0 Å². The molecule has 2 rings (SSSR count). The van der Waals surface area contributed by atoms with Crippen LogP contribution in [-0.4, -0.2) is 23.3 Å². The first-order chi connectivity index (χ1) is 10.2. The van der Waals surface area contributed by atoms with Crippen molar-refractivity contribution in [1.29, 1.82) is 0 Å². The number of aromatic hydroxyl groups is 1. The minimum absolute atomic E-state index is 0.136. The zero-order chi connectivity index (χ0) is 16.5. The van der Waals surface area contributed by atoms with E-state index in [0.29, 0.717) is 11.4 Å². The first-order valence-electron chi connectivity index (χ1n) is 6.81. The highest BCUT2D eigenvalue weighted by Gasteiger charge is 2.20. The number of phenols is 1. The van der Waals surface area contributed by atoms with Crippen molar-refractivity contribution in [3.63, 3.8) is 0 Å². The van der Waals surface area contributed by atoms with Crippen LogP contribution in [0.15, 0.2) is 29.3 Å². The average molecular weight is 327 g/mol. The fourth-order valence-electron chi connectivity index (χ4n) is 2.05. The maximum Gasteiger partial charge on any atom is 0.262 e. The SMILES string of the molecule is CC[C@@H](C)n1ncc(NS(=O)(=O)c2cc(O)cc(F)c2)c1C. The van der Waals surface area contributed by atoms with Crippen LogP contribution >= 0.6 is 0 Å². The van der Waals surface area contributed by atoms with Gasteiger partial charge in [-0.25, -0.2) is 12.8 Å². The normalized spacial score (nSPS) is 13.1. The van der Waals surface area contributed by atoms with Gasteiger partial charge in [0.2, 0.25) is 0 Å².